The Morgan fingerprint density at radius 3 is 2.70 bits per heavy atom. The second-order valence-electron chi connectivity index (χ2n) is 6.42. The average Bonchev–Trinajstić information content (AvgIpc) is 3.23. The van der Waals surface area contributed by atoms with Gasteiger partial charge >= 0.3 is 6.09 Å². The Labute approximate surface area is 174 Å². The van der Waals surface area contributed by atoms with Crippen LogP contribution in [0.3, 0.4) is 0 Å². The highest BCUT2D eigenvalue weighted by atomic mass is 16.7. The number of nitrogens with one attached hydrogen (secondary N) is 1. The summed E-state index contributed by atoms with van der Waals surface area (Å²) in [6, 6.07) is 12.0. The minimum atomic E-state index is -0.856. The van der Waals surface area contributed by atoms with E-state index in [-0.39, 0.29) is 33.0 Å². The summed E-state index contributed by atoms with van der Waals surface area (Å²) in [5.41, 5.74) is 1.04. The van der Waals surface area contributed by atoms with E-state index in [1.165, 1.54) is 7.11 Å². The van der Waals surface area contributed by atoms with E-state index in [1.54, 1.807) is 42.5 Å². The Morgan fingerprint density at radius 2 is 1.93 bits per heavy atom. The number of hydrogen-bond acceptors (Lipinski definition) is 8. The van der Waals surface area contributed by atoms with E-state index in [2.05, 4.69) is 5.32 Å². The van der Waals surface area contributed by atoms with Gasteiger partial charge in [-0.2, -0.15) is 0 Å². The minimum absolute atomic E-state index is 0.0881. The molecule has 0 saturated carbocycles. The number of rotatable bonds is 10. The number of aliphatic hydroxyl groups excluding tert-OH is 2. The smallest absolute Gasteiger partial charge is 0.412 e. The molecule has 2 aromatic carbocycles. The van der Waals surface area contributed by atoms with Gasteiger partial charge in [0.2, 0.25) is 6.79 Å². The van der Waals surface area contributed by atoms with Gasteiger partial charge in [-0.3, -0.25) is 5.32 Å². The van der Waals surface area contributed by atoms with Crippen LogP contribution in [0, 0.1) is 0 Å². The molecule has 0 spiro atoms. The summed E-state index contributed by atoms with van der Waals surface area (Å²) in [6.07, 6.45) is -1.94. The van der Waals surface area contributed by atoms with Crippen LogP contribution in [0.5, 0.6) is 17.2 Å². The summed E-state index contributed by atoms with van der Waals surface area (Å²) in [4.78, 5) is 12.6. The molecular formula is C21H25NO8. The molecule has 0 fully saturated rings. The maximum Gasteiger partial charge on any atom is 0.412 e. The van der Waals surface area contributed by atoms with E-state index in [9.17, 15) is 9.90 Å². The van der Waals surface area contributed by atoms with E-state index in [4.69, 9.17) is 28.8 Å². The van der Waals surface area contributed by atoms with E-state index in [1.807, 2.05) is 0 Å². The average molecular weight is 419 g/mol. The first-order valence-corrected chi connectivity index (χ1v) is 9.49. The first-order valence-electron chi connectivity index (χ1n) is 9.49. The number of aliphatic hydroxyl groups is 2. The Balaban J connectivity index is 1.79. The first-order chi connectivity index (χ1) is 14.7. The lowest BCUT2D eigenvalue weighted by Gasteiger charge is -2.27. The standard InChI is InChI=1S/C21H25NO8/c1-26-18(8-9-23)20(15-4-2-3-5-16(15)27-11-10-24)30-21(25)22-14-6-7-17-19(12-14)29-13-28-17/h2-7,12,18,20,23-24H,8-11,13H2,1H3,(H,22,25)/t18-,20-/m1/s1. The van der Waals surface area contributed by atoms with Crippen molar-refractivity contribution in [2.75, 3.05) is 39.0 Å². The Bertz CT molecular complexity index is 844. The third kappa shape index (κ3) is 5.32. The van der Waals surface area contributed by atoms with Gasteiger partial charge in [0.05, 0.1) is 6.61 Å². The normalized spacial score (nSPS) is 14.1. The second-order valence-corrected chi connectivity index (χ2v) is 6.42. The van der Waals surface area contributed by atoms with Crippen molar-refractivity contribution in [3.05, 3.63) is 48.0 Å². The van der Waals surface area contributed by atoms with Crippen LogP contribution >= 0.6 is 0 Å². The highest BCUT2D eigenvalue weighted by Crippen LogP contribution is 2.35. The molecule has 162 valence electrons. The largest absolute Gasteiger partial charge is 0.491 e. The summed E-state index contributed by atoms with van der Waals surface area (Å²) < 4.78 is 27.3. The number of anilines is 1. The van der Waals surface area contributed by atoms with E-state index in [0.29, 0.717) is 28.5 Å². The lowest BCUT2D eigenvalue weighted by Crippen LogP contribution is -2.29. The van der Waals surface area contributed by atoms with Gasteiger partial charge in [0.1, 0.15) is 18.5 Å². The Morgan fingerprint density at radius 1 is 1.13 bits per heavy atom. The molecule has 30 heavy (non-hydrogen) atoms. The SMILES string of the molecule is CO[C@H](CCO)[C@H](OC(=O)Nc1ccc2c(c1)OCO2)c1ccccc1OCCO. The number of ether oxygens (including phenoxy) is 5. The summed E-state index contributed by atoms with van der Waals surface area (Å²) >= 11 is 0. The molecule has 1 heterocycles. The van der Waals surface area contributed by atoms with Crippen LogP contribution in [0.4, 0.5) is 10.5 Å². The first kappa shape index (κ1) is 21.7. The number of benzene rings is 2. The third-order valence-electron chi connectivity index (χ3n) is 4.48. The van der Waals surface area contributed by atoms with Crippen molar-refractivity contribution >= 4 is 11.8 Å². The van der Waals surface area contributed by atoms with Gasteiger partial charge in [0.15, 0.2) is 17.6 Å². The number of amides is 1. The molecular weight excluding hydrogens is 394 g/mol. The maximum absolute atomic E-state index is 12.6. The van der Waals surface area contributed by atoms with Crippen molar-refractivity contribution in [3.8, 4) is 17.2 Å². The van der Waals surface area contributed by atoms with Crippen molar-refractivity contribution in [2.24, 2.45) is 0 Å². The predicted octanol–water partition coefficient (Wildman–Crippen LogP) is 2.47. The van der Waals surface area contributed by atoms with Gasteiger partial charge in [0.25, 0.3) is 0 Å². The summed E-state index contributed by atoms with van der Waals surface area (Å²) in [5, 5.41) is 21.1. The van der Waals surface area contributed by atoms with Crippen LogP contribution in [0.25, 0.3) is 0 Å². The fourth-order valence-electron chi connectivity index (χ4n) is 3.10. The number of carbonyl (C=O) groups excluding carboxylic acids is 1. The highest BCUT2D eigenvalue weighted by Gasteiger charge is 2.30. The molecule has 2 aromatic rings. The lowest BCUT2D eigenvalue weighted by atomic mass is 10.0. The monoisotopic (exact) mass is 419 g/mol. The third-order valence-corrected chi connectivity index (χ3v) is 4.48. The van der Waals surface area contributed by atoms with E-state index in [0.717, 1.165) is 0 Å². The molecule has 1 aliphatic rings. The predicted molar refractivity (Wildman–Crippen MR) is 107 cm³/mol. The van der Waals surface area contributed by atoms with Crippen molar-refractivity contribution in [1.82, 2.24) is 0 Å². The van der Waals surface area contributed by atoms with Crippen molar-refractivity contribution < 1.29 is 38.7 Å². The number of hydrogen-bond donors (Lipinski definition) is 3. The highest BCUT2D eigenvalue weighted by molar-refractivity contribution is 5.85. The molecule has 0 bridgehead atoms. The fraction of sp³-hybridized carbons (Fsp3) is 0.381. The van der Waals surface area contributed by atoms with Crippen LogP contribution in [0.15, 0.2) is 42.5 Å². The molecule has 0 saturated heterocycles. The molecule has 0 radical (unpaired) electrons. The molecule has 9 nitrogen and oxygen atoms in total. The van der Waals surface area contributed by atoms with Crippen LogP contribution in [-0.4, -0.2) is 56.1 Å². The van der Waals surface area contributed by atoms with Crippen molar-refractivity contribution in [3.63, 3.8) is 0 Å². The number of para-hydroxylation sites is 1. The molecule has 3 rings (SSSR count). The zero-order valence-electron chi connectivity index (χ0n) is 16.6. The number of fused-ring (bicyclic) bond motifs is 1. The minimum Gasteiger partial charge on any atom is -0.491 e. The zero-order valence-corrected chi connectivity index (χ0v) is 16.6. The van der Waals surface area contributed by atoms with Gasteiger partial charge < -0.3 is 33.9 Å². The quantitative estimate of drug-likeness (QED) is 0.538. The summed E-state index contributed by atoms with van der Waals surface area (Å²) in [7, 11) is 1.48. The number of carbonyl (C=O) groups is 1. The molecule has 1 aliphatic heterocycles. The molecule has 0 aromatic heterocycles. The molecule has 3 N–H and O–H groups in total. The van der Waals surface area contributed by atoms with E-state index >= 15 is 0 Å². The van der Waals surface area contributed by atoms with Crippen molar-refractivity contribution in [2.45, 2.75) is 18.6 Å². The van der Waals surface area contributed by atoms with Crippen LogP contribution in [0.1, 0.15) is 18.1 Å². The number of methoxy groups -OCH3 is 1. The summed E-state index contributed by atoms with van der Waals surface area (Å²) in [5.74, 6) is 1.58. The van der Waals surface area contributed by atoms with Gasteiger partial charge in [-0.15, -0.1) is 0 Å². The van der Waals surface area contributed by atoms with Crippen LogP contribution < -0.4 is 19.5 Å². The molecule has 0 aliphatic carbocycles. The Hall–Kier alpha value is -3.01. The molecule has 0 unspecified atom stereocenters. The van der Waals surface area contributed by atoms with Crippen LogP contribution in [-0.2, 0) is 9.47 Å². The van der Waals surface area contributed by atoms with Gasteiger partial charge in [-0.1, -0.05) is 18.2 Å². The van der Waals surface area contributed by atoms with Crippen LogP contribution in [0.2, 0.25) is 0 Å². The fourth-order valence-corrected chi connectivity index (χ4v) is 3.10. The van der Waals surface area contributed by atoms with Crippen molar-refractivity contribution in [1.29, 1.82) is 0 Å². The molecule has 2 atom stereocenters. The lowest BCUT2D eigenvalue weighted by molar-refractivity contribution is -0.0316. The van der Waals surface area contributed by atoms with Gasteiger partial charge in [0, 0.05) is 37.5 Å². The molecule has 9 heteroatoms. The summed E-state index contributed by atoms with van der Waals surface area (Å²) in [6.45, 7) is -0.0893. The zero-order chi connectivity index (χ0) is 21.3. The topological polar surface area (TPSA) is 116 Å². The van der Waals surface area contributed by atoms with E-state index < -0.39 is 18.3 Å². The maximum atomic E-state index is 12.6. The van der Waals surface area contributed by atoms with Gasteiger partial charge in [-0.05, 0) is 18.2 Å². The Kier molecular flexibility index (Phi) is 7.72. The second kappa shape index (κ2) is 10.7. The molecule has 1 amide bonds. The van der Waals surface area contributed by atoms with Gasteiger partial charge in [-0.25, -0.2) is 4.79 Å².